The van der Waals surface area contributed by atoms with Crippen molar-refractivity contribution in [2.75, 3.05) is 6.61 Å². The fourth-order valence-electron chi connectivity index (χ4n) is 2.34. The number of carbonyl (C=O) groups excluding carboxylic acids is 1. The summed E-state index contributed by atoms with van der Waals surface area (Å²) in [6, 6.07) is 10.3. The second kappa shape index (κ2) is 9.97. The quantitative estimate of drug-likeness (QED) is 0.765. The molecule has 2 rings (SSSR count). The molecule has 2 aromatic rings. The van der Waals surface area contributed by atoms with Crippen molar-refractivity contribution >= 4 is 6.09 Å². The van der Waals surface area contributed by atoms with Gasteiger partial charge in [0.05, 0.1) is 19.3 Å². The molecule has 0 aliphatic heterocycles. The fourth-order valence-corrected chi connectivity index (χ4v) is 2.34. The largest absolute Gasteiger partial charge is 0.444 e. The van der Waals surface area contributed by atoms with E-state index in [0.29, 0.717) is 12.4 Å². The molecule has 27 heavy (non-hydrogen) atoms. The molecule has 0 bridgehead atoms. The van der Waals surface area contributed by atoms with Crippen LogP contribution in [0.5, 0.6) is 0 Å². The Kier molecular flexibility index (Phi) is 7.67. The Labute approximate surface area is 159 Å². The predicted molar refractivity (Wildman–Crippen MR) is 99.9 cm³/mol. The summed E-state index contributed by atoms with van der Waals surface area (Å²) >= 11 is 0. The number of ether oxygens (including phenoxy) is 2. The van der Waals surface area contributed by atoms with Gasteiger partial charge in [-0.1, -0.05) is 30.3 Å². The van der Waals surface area contributed by atoms with Gasteiger partial charge < -0.3 is 14.8 Å². The molecule has 0 spiro atoms. The normalized spacial score (nSPS) is 13.6. The van der Waals surface area contributed by atoms with E-state index in [-0.39, 0.29) is 13.0 Å². The van der Waals surface area contributed by atoms with Crippen molar-refractivity contribution in [3.8, 4) is 0 Å². The molecule has 6 nitrogen and oxygen atoms in total. The van der Waals surface area contributed by atoms with Gasteiger partial charge in [0.1, 0.15) is 17.6 Å². The summed E-state index contributed by atoms with van der Waals surface area (Å²) in [5, 5.41) is 2.57. The summed E-state index contributed by atoms with van der Waals surface area (Å²) in [7, 11) is 0. The summed E-state index contributed by atoms with van der Waals surface area (Å²) in [6.45, 7) is 5.37. The number of benzene rings is 1. The fraction of sp³-hybridized carbons (Fsp3) is 0.450. The van der Waals surface area contributed by atoms with Gasteiger partial charge in [0.25, 0.3) is 0 Å². The average molecular weight is 375 g/mol. The van der Waals surface area contributed by atoms with E-state index in [4.69, 9.17) is 9.47 Å². The van der Waals surface area contributed by atoms with Crippen molar-refractivity contribution in [1.29, 1.82) is 0 Å². The second-order valence-corrected chi connectivity index (χ2v) is 7.14. The minimum absolute atomic E-state index is 0.135. The highest BCUT2D eigenvalue weighted by atomic mass is 19.1. The van der Waals surface area contributed by atoms with Crippen LogP contribution in [-0.4, -0.2) is 40.5 Å². The Hall–Kier alpha value is -2.54. The lowest BCUT2D eigenvalue weighted by atomic mass is 10.1. The molecule has 0 aliphatic carbocycles. The van der Waals surface area contributed by atoms with E-state index in [2.05, 4.69) is 15.3 Å². The first-order valence-corrected chi connectivity index (χ1v) is 8.84. The summed E-state index contributed by atoms with van der Waals surface area (Å²) in [4.78, 5) is 20.3. The third-order valence-electron chi connectivity index (χ3n) is 3.55. The van der Waals surface area contributed by atoms with Gasteiger partial charge in [0, 0.05) is 18.8 Å². The number of rotatable bonds is 8. The summed E-state index contributed by atoms with van der Waals surface area (Å²) in [5.74, 6) is 0.435. The Morgan fingerprint density at radius 1 is 1.15 bits per heavy atom. The molecule has 2 atom stereocenters. The van der Waals surface area contributed by atoms with Gasteiger partial charge in [0.2, 0.25) is 0 Å². The topological polar surface area (TPSA) is 73.3 Å². The van der Waals surface area contributed by atoms with Gasteiger partial charge >= 0.3 is 6.09 Å². The van der Waals surface area contributed by atoms with E-state index >= 15 is 0 Å². The van der Waals surface area contributed by atoms with Crippen molar-refractivity contribution < 1.29 is 18.7 Å². The van der Waals surface area contributed by atoms with Gasteiger partial charge in [-0.25, -0.2) is 19.2 Å². The van der Waals surface area contributed by atoms with Crippen LogP contribution in [0, 0.1) is 0 Å². The van der Waals surface area contributed by atoms with Crippen LogP contribution in [0.3, 0.4) is 0 Å². The standard InChI is InChI=1S/C20H26FN3O3/c1-20(2,3)27-19(25)24-17(12-18-22-10-7-11-23-18)16(21)14-26-13-15-8-5-4-6-9-15/h4-11,16-17H,12-14H2,1-3H3,(H,24,25)/t16-,17-/m1/s1. The Morgan fingerprint density at radius 3 is 2.44 bits per heavy atom. The van der Waals surface area contributed by atoms with Crippen molar-refractivity contribution in [3.63, 3.8) is 0 Å². The zero-order valence-corrected chi connectivity index (χ0v) is 15.9. The third-order valence-corrected chi connectivity index (χ3v) is 3.55. The van der Waals surface area contributed by atoms with Gasteiger partial charge in [-0.2, -0.15) is 0 Å². The van der Waals surface area contributed by atoms with E-state index in [1.54, 1.807) is 39.2 Å². The maximum atomic E-state index is 14.8. The first-order chi connectivity index (χ1) is 12.8. The van der Waals surface area contributed by atoms with Crippen LogP contribution >= 0.6 is 0 Å². The molecule has 7 heteroatoms. The molecule has 0 unspecified atom stereocenters. The van der Waals surface area contributed by atoms with Crippen LogP contribution in [0.4, 0.5) is 9.18 Å². The van der Waals surface area contributed by atoms with Gasteiger partial charge in [-0.3, -0.25) is 0 Å². The summed E-state index contributed by atoms with van der Waals surface area (Å²) in [6.07, 6.45) is 1.16. The molecule has 0 saturated heterocycles. The number of hydrogen-bond acceptors (Lipinski definition) is 5. The zero-order chi connectivity index (χ0) is 19.7. The molecule has 146 valence electrons. The number of amides is 1. The van der Waals surface area contributed by atoms with Gasteiger partial charge in [-0.05, 0) is 32.4 Å². The van der Waals surface area contributed by atoms with E-state index in [0.717, 1.165) is 5.56 Å². The first kappa shape index (κ1) is 20.8. The highest BCUT2D eigenvalue weighted by molar-refractivity contribution is 5.68. The van der Waals surface area contributed by atoms with Gasteiger partial charge in [-0.15, -0.1) is 0 Å². The number of alkyl halides is 1. The first-order valence-electron chi connectivity index (χ1n) is 8.84. The molecular weight excluding hydrogens is 349 g/mol. The number of carbonyl (C=O) groups is 1. The number of aromatic nitrogens is 2. The number of alkyl carbamates (subject to hydrolysis) is 1. The van der Waals surface area contributed by atoms with Gasteiger partial charge in [0.15, 0.2) is 0 Å². The summed E-state index contributed by atoms with van der Waals surface area (Å²) in [5.41, 5.74) is 0.278. The third kappa shape index (κ3) is 8.13. The van der Waals surface area contributed by atoms with E-state index in [9.17, 15) is 9.18 Å². The van der Waals surface area contributed by atoms with E-state index in [1.165, 1.54) is 0 Å². The molecule has 0 aliphatic rings. The highest BCUT2D eigenvalue weighted by Crippen LogP contribution is 2.11. The lowest BCUT2D eigenvalue weighted by Gasteiger charge is -2.25. The molecule has 1 aromatic carbocycles. The van der Waals surface area contributed by atoms with Crippen LogP contribution in [0.1, 0.15) is 32.2 Å². The van der Waals surface area contributed by atoms with Crippen molar-refractivity contribution in [2.24, 2.45) is 0 Å². The number of hydrogen-bond donors (Lipinski definition) is 1. The smallest absolute Gasteiger partial charge is 0.407 e. The molecule has 0 saturated carbocycles. The molecule has 1 N–H and O–H groups in total. The minimum Gasteiger partial charge on any atom is -0.444 e. The van der Waals surface area contributed by atoms with Crippen LogP contribution in [0.2, 0.25) is 0 Å². The number of halogens is 1. The van der Waals surface area contributed by atoms with Crippen LogP contribution in [0.25, 0.3) is 0 Å². The predicted octanol–water partition coefficient (Wildman–Crippen LogP) is 3.47. The van der Waals surface area contributed by atoms with Crippen LogP contribution in [0.15, 0.2) is 48.8 Å². The minimum atomic E-state index is -1.44. The highest BCUT2D eigenvalue weighted by Gasteiger charge is 2.27. The zero-order valence-electron chi connectivity index (χ0n) is 15.9. The Bertz CT molecular complexity index is 693. The van der Waals surface area contributed by atoms with E-state index in [1.807, 2.05) is 30.3 Å². The average Bonchev–Trinajstić information content (AvgIpc) is 2.61. The number of nitrogens with zero attached hydrogens (tertiary/aromatic N) is 2. The summed E-state index contributed by atoms with van der Waals surface area (Å²) < 4.78 is 25.5. The van der Waals surface area contributed by atoms with Crippen LogP contribution in [-0.2, 0) is 22.5 Å². The maximum absolute atomic E-state index is 14.8. The van der Waals surface area contributed by atoms with Crippen molar-refractivity contribution in [2.45, 2.75) is 51.6 Å². The molecule has 1 amide bonds. The van der Waals surface area contributed by atoms with Crippen LogP contribution < -0.4 is 5.32 Å². The SMILES string of the molecule is CC(C)(C)OC(=O)N[C@H](Cc1ncccn1)[C@H](F)COCc1ccccc1. The number of nitrogens with one attached hydrogen (secondary N) is 1. The van der Waals surface area contributed by atoms with Crippen molar-refractivity contribution in [1.82, 2.24) is 15.3 Å². The Balaban J connectivity index is 1.95. The monoisotopic (exact) mass is 375 g/mol. The maximum Gasteiger partial charge on any atom is 0.407 e. The molecule has 0 fully saturated rings. The molecule has 0 radical (unpaired) electrons. The lowest BCUT2D eigenvalue weighted by Crippen LogP contribution is -2.47. The Morgan fingerprint density at radius 2 is 1.81 bits per heavy atom. The second-order valence-electron chi connectivity index (χ2n) is 7.14. The molecular formula is C20H26FN3O3. The van der Waals surface area contributed by atoms with E-state index < -0.39 is 23.9 Å². The van der Waals surface area contributed by atoms with Crippen molar-refractivity contribution in [3.05, 3.63) is 60.2 Å². The lowest BCUT2D eigenvalue weighted by molar-refractivity contribution is 0.0335. The molecule has 1 heterocycles. The molecule has 1 aromatic heterocycles.